The number of aromatic nitrogens is 1. The molecular weight excluding hydrogens is 265 g/mol. The van der Waals surface area contributed by atoms with Crippen LogP contribution < -0.4 is 11.1 Å². The van der Waals surface area contributed by atoms with Gasteiger partial charge in [-0.2, -0.15) is 0 Å². The molecular formula is C10H7ClFN3OS. The average molecular weight is 272 g/mol. The number of amides is 1. The second kappa shape index (κ2) is 4.68. The van der Waals surface area contributed by atoms with Crippen LogP contribution in [0.25, 0.3) is 0 Å². The maximum atomic E-state index is 13.4. The summed E-state index contributed by atoms with van der Waals surface area (Å²) in [5, 5.41) is 4.43. The van der Waals surface area contributed by atoms with Gasteiger partial charge in [0.15, 0.2) is 5.13 Å². The van der Waals surface area contributed by atoms with E-state index in [4.69, 9.17) is 17.3 Å². The molecule has 0 saturated carbocycles. The van der Waals surface area contributed by atoms with Crippen molar-refractivity contribution in [2.75, 3.05) is 11.1 Å². The first-order valence-electron chi connectivity index (χ1n) is 4.53. The van der Waals surface area contributed by atoms with E-state index >= 15 is 0 Å². The molecule has 4 nitrogen and oxygen atoms in total. The molecule has 0 radical (unpaired) electrons. The molecule has 1 heterocycles. The van der Waals surface area contributed by atoms with Gasteiger partial charge >= 0.3 is 0 Å². The van der Waals surface area contributed by atoms with Crippen LogP contribution in [0.3, 0.4) is 0 Å². The number of thiazole rings is 1. The van der Waals surface area contributed by atoms with Gasteiger partial charge in [-0.15, -0.1) is 11.3 Å². The Morgan fingerprint density at radius 1 is 1.53 bits per heavy atom. The lowest BCUT2D eigenvalue weighted by molar-refractivity contribution is 0.102. The van der Waals surface area contributed by atoms with Gasteiger partial charge in [-0.3, -0.25) is 4.79 Å². The van der Waals surface area contributed by atoms with Crippen LogP contribution in [-0.2, 0) is 0 Å². The maximum absolute atomic E-state index is 13.4. The number of rotatable bonds is 2. The third-order valence-electron chi connectivity index (χ3n) is 1.93. The van der Waals surface area contributed by atoms with E-state index in [1.54, 1.807) is 0 Å². The number of nitrogen functional groups attached to an aromatic ring is 1. The first-order chi connectivity index (χ1) is 8.06. The number of nitrogens with one attached hydrogen (secondary N) is 1. The predicted octanol–water partition coefficient (Wildman–Crippen LogP) is 2.77. The summed E-state index contributed by atoms with van der Waals surface area (Å²) in [5.41, 5.74) is 5.60. The molecule has 2 aromatic rings. The SMILES string of the molecule is Nc1nc(C(=O)Nc2ccc(Cl)cc2F)cs1. The monoisotopic (exact) mass is 271 g/mol. The van der Waals surface area contributed by atoms with E-state index < -0.39 is 11.7 Å². The fourth-order valence-corrected chi connectivity index (χ4v) is 1.87. The van der Waals surface area contributed by atoms with Crippen molar-refractivity contribution >= 4 is 39.7 Å². The van der Waals surface area contributed by atoms with Crippen LogP contribution in [0.5, 0.6) is 0 Å². The number of anilines is 2. The Labute approximate surface area is 105 Å². The van der Waals surface area contributed by atoms with E-state index in [0.717, 1.165) is 17.4 Å². The number of carbonyl (C=O) groups is 1. The van der Waals surface area contributed by atoms with Gasteiger partial charge < -0.3 is 11.1 Å². The summed E-state index contributed by atoms with van der Waals surface area (Å²) in [7, 11) is 0. The van der Waals surface area contributed by atoms with Crippen molar-refractivity contribution in [2.45, 2.75) is 0 Å². The van der Waals surface area contributed by atoms with Crippen molar-refractivity contribution in [2.24, 2.45) is 0 Å². The summed E-state index contributed by atoms with van der Waals surface area (Å²) in [5.74, 6) is -1.12. The zero-order valence-electron chi connectivity index (χ0n) is 8.41. The van der Waals surface area contributed by atoms with Crippen LogP contribution in [-0.4, -0.2) is 10.9 Å². The topological polar surface area (TPSA) is 68.0 Å². The van der Waals surface area contributed by atoms with Gasteiger partial charge in [-0.25, -0.2) is 9.37 Å². The van der Waals surface area contributed by atoms with Gasteiger partial charge in [-0.05, 0) is 18.2 Å². The van der Waals surface area contributed by atoms with Crippen LogP contribution in [0, 0.1) is 5.82 Å². The van der Waals surface area contributed by atoms with Gasteiger partial charge in [-0.1, -0.05) is 11.6 Å². The first kappa shape index (κ1) is 11.8. The standard InChI is InChI=1S/C10H7ClFN3OS/c11-5-1-2-7(6(12)3-5)14-9(16)8-4-17-10(13)15-8/h1-4H,(H2,13,15)(H,14,16). The third-order valence-corrected chi connectivity index (χ3v) is 2.84. The third kappa shape index (κ3) is 2.72. The molecule has 0 aliphatic heterocycles. The lowest BCUT2D eigenvalue weighted by Gasteiger charge is -2.04. The molecule has 0 atom stereocenters. The van der Waals surface area contributed by atoms with Crippen molar-refractivity contribution in [1.82, 2.24) is 4.98 Å². The highest BCUT2D eigenvalue weighted by molar-refractivity contribution is 7.13. The van der Waals surface area contributed by atoms with Crippen LogP contribution in [0.2, 0.25) is 5.02 Å². The normalized spacial score (nSPS) is 10.2. The number of hydrogen-bond acceptors (Lipinski definition) is 4. The Balaban J connectivity index is 2.18. The Morgan fingerprint density at radius 3 is 2.88 bits per heavy atom. The predicted molar refractivity (Wildman–Crippen MR) is 65.9 cm³/mol. The van der Waals surface area contributed by atoms with Crippen molar-refractivity contribution in [3.63, 3.8) is 0 Å². The van der Waals surface area contributed by atoms with Crippen LogP contribution in [0.1, 0.15) is 10.5 Å². The number of benzene rings is 1. The summed E-state index contributed by atoms with van der Waals surface area (Å²) in [4.78, 5) is 15.4. The quantitative estimate of drug-likeness (QED) is 0.882. The Bertz CT molecular complexity index is 572. The summed E-state index contributed by atoms with van der Waals surface area (Å²) >= 11 is 6.73. The van der Waals surface area contributed by atoms with E-state index in [1.165, 1.54) is 17.5 Å². The lowest BCUT2D eigenvalue weighted by atomic mass is 10.3. The largest absolute Gasteiger partial charge is 0.375 e. The van der Waals surface area contributed by atoms with E-state index in [2.05, 4.69) is 10.3 Å². The Hall–Kier alpha value is -1.66. The van der Waals surface area contributed by atoms with Gasteiger partial charge in [0.05, 0.1) is 5.69 Å². The van der Waals surface area contributed by atoms with Crippen molar-refractivity contribution in [3.8, 4) is 0 Å². The minimum atomic E-state index is -0.603. The van der Waals surface area contributed by atoms with Crippen LogP contribution >= 0.6 is 22.9 Å². The molecule has 0 aliphatic carbocycles. The van der Waals surface area contributed by atoms with E-state index in [9.17, 15) is 9.18 Å². The smallest absolute Gasteiger partial charge is 0.275 e. The van der Waals surface area contributed by atoms with Crippen molar-refractivity contribution < 1.29 is 9.18 Å². The molecule has 3 N–H and O–H groups in total. The van der Waals surface area contributed by atoms with Gasteiger partial charge in [0.1, 0.15) is 11.5 Å². The first-order valence-corrected chi connectivity index (χ1v) is 5.79. The van der Waals surface area contributed by atoms with E-state index in [0.29, 0.717) is 0 Å². The number of halogens is 2. The number of nitrogens with two attached hydrogens (primary N) is 1. The van der Waals surface area contributed by atoms with E-state index in [-0.39, 0.29) is 21.5 Å². The molecule has 0 spiro atoms. The molecule has 1 aromatic heterocycles. The molecule has 17 heavy (non-hydrogen) atoms. The molecule has 0 aliphatic rings. The van der Waals surface area contributed by atoms with Crippen molar-refractivity contribution in [1.29, 1.82) is 0 Å². The molecule has 0 fully saturated rings. The average Bonchev–Trinajstić information content (AvgIpc) is 2.69. The van der Waals surface area contributed by atoms with E-state index in [1.807, 2.05) is 0 Å². The second-order valence-corrected chi connectivity index (χ2v) is 4.48. The van der Waals surface area contributed by atoms with Gasteiger partial charge in [0.2, 0.25) is 0 Å². The minimum Gasteiger partial charge on any atom is -0.375 e. The molecule has 0 bridgehead atoms. The molecule has 2 rings (SSSR count). The zero-order valence-corrected chi connectivity index (χ0v) is 9.98. The van der Waals surface area contributed by atoms with Crippen LogP contribution in [0.15, 0.2) is 23.6 Å². The fraction of sp³-hybridized carbons (Fsp3) is 0. The summed E-state index contributed by atoms with van der Waals surface area (Å²) < 4.78 is 13.4. The zero-order chi connectivity index (χ0) is 12.4. The molecule has 1 amide bonds. The second-order valence-electron chi connectivity index (χ2n) is 3.15. The summed E-state index contributed by atoms with van der Waals surface area (Å²) in [6, 6.07) is 3.98. The molecule has 0 unspecified atom stereocenters. The highest BCUT2D eigenvalue weighted by atomic mass is 35.5. The molecule has 7 heteroatoms. The minimum absolute atomic E-state index is 0.0472. The highest BCUT2D eigenvalue weighted by Crippen LogP contribution is 2.20. The molecule has 1 aromatic carbocycles. The Morgan fingerprint density at radius 2 is 2.29 bits per heavy atom. The number of carbonyl (C=O) groups excluding carboxylic acids is 1. The van der Waals surface area contributed by atoms with Gasteiger partial charge in [0, 0.05) is 10.4 Å². The molecule has 88 valence electrons. The highest BCUT2D eigenvalue weighted by Gasteiger charge is 2.12. The van der Waals surface area contributed by atoms with Crippen LogP contribution in [0.4, 0.5) is 15.2 Å². The Kier molecular flexibility index (Phi) is 3.26. The summed E-state index contributed by atoms with van der Waals surface area (Å²) in [6.07, 6.45) is 0. The van der Waals surface area contributed by atoms with Gasteiger partial charge in [0.25, 0.3) is 5.91 Å². The lowest BCUT2D eigenvalue weighted by Crippen LogP contribution is -2.13. The van der Waals surface area contributed by atoms with Crippen molar-refractivity contribution in [3.05, 3.63) is 40.1 Å². The molecule has 0 saturated heterocycles. The summed E-state index contributed by atoms with van der Waals surface area (Å²) in [6.45, 7) is 0. The number of nitrogens with zero attached hydrogens (tertiary/aromatic N) is 1. The number of hydrogen-bond donors (Lipinski definition) is 2. The fourth-order valence-electron chi connectivity index (χ4n) is 1.17. The maximum Gasteiger partial charge on any atom is 0.275 e.